The predicted molar refractivity (Wildman–Crippen MR) is 95.5 cm³/mol. The van der Waals surface area contributed by atoms with Crippen molar-refractivity contribution in [2.24, 2.45) is 0 Å². The van der Waals surface area contributed by atoms with Crippen molar-refractivity contribution in [2.75, 3.05) is 65.7 Å². The van der Waals surface area contributed by atoms with Crippen LogP contribution < -0.4 is 0 Å². The zero-order valence-corrected chi connectivity index (χ0v) is 16.1. The second-order valence-electron chi connectivity index (χ2n) is 6.97. The van der Waals surface area contributed by atoms with Crippen LogP contribution >= 0.6 is 0 Å². The quantitative estimate of drug-likeness (QED) is 0.643. The van der Waals surface area contributed by atoms with E-state index in [4.69, 9.17) is 0 Å². The van der Waals surface area contributed by atoms with Crippen molar-refractivity contribution in [1.82, 2.24) is 19.0 Å². The lowest BCUT2D eigenvalue weighted by atomic mass is 10.2. The topological polar surface area (TPSA) is 81.2 Å². The van der Waals surface area contributed by atoms with E-state index in [1.54, 1.807) is 4.90 Å². The Morgan fingerprint density at radius 1 is 0.840 bits per heavy atom. The number of hydrogen-bond donors (Lipinski definition) is 0. The molecule has 0 atom stereocenters. The summed E-state index contributed by atoms with van der Waals surface area (Å²) in [6, 6.07) is 0. The molecule has 0 radical (unpaired) electrons. The van der Waals surface area contributed by atoms with Gasteiger partial charge in [0.15, 0.2) is 0 Å². The van der Waals surface area contributed by atoms with E-state index in [1.165, 1.54) is 19.9 Å². The van der Waals surface area contributed by atoms with Crippen LogP contribution in [0.4, 0.5) is 0 Å². The van der Waals surface area contributed by atoms with Crippen LogP contribution in [0.25, 0.3) is 0 Å². The number of amides is 2. The highest BCUT2D eigenvalue weighted by Gasteiger charge is 2.26. The van der Waals surface area contributed by atoms with Crippen molar-refractivity contribution in [3.63, 3.8) is 0 Å². The number of nitrogens with zero attached hydrogens (tertiary/aromatic N) is 4. The van der Waals surface area contributed by atoms with E-state index in [1.807, 2.05) is 4.90 Å². The Labute approximate surface area is 150 Å². The average molecular weight is 375 g/mol. The Kier molecular flexibility index (Phi) is 7.21. The lowest BCUT2D eigenvalue weighted by molar-refractivity contribution is -0.135. The fourth-order valence-electron chi connectivity index (χ4n) is 3.17. The van der Waals surface area contributed by atoms with Crippen molar-refractivity contribution in [3.8, 4) is 0 Å². The van der Waals surface area contributed by atoms with Crippen LogP contribution in [0.5, 0.6) is 0 Å². The summed E-state index contributed by atoms with van der Waals surface area (Å²) in [5.74, 6) is -0.00935. The Hall–Kier alpha value is -1.19. The summed E-state index contributed by atoms with van der Waals surface area (Å²) in [5, 5.41) is 0. The van der Waals surface area contributed by atoms with Gasteiger partial charge < -0.3 is 9.80 Å². The summed E-state index contributed by atoms with van der Waals surface area (Å²) in [5.41, 5.74) is 0. The molecule has 0 unspecified atom stereocenters. The third-order valence-electron chi connectivity index (χ3n) is 4.97. The first kappa shape index (κ1) is 20.1. The first-order chi connectivity index (χ1) is 11.8. The molecule has 0 aliphatic carbocycles. The van der Waals surface area contributed by atoms with Gasteiger partial charge in [-0.05, 0) is 12.8 Å². The van der Waals surface area contributed by atoms with E-state index >= 15 is 0 Å². The number of piperazine rings is 1. The van der Waals surface area contributed by atoms with Crippen LogP contribution in [0.1, 0.15) is 25.7 Å². The minimum atomic E-state index is -3.35. The molecule has 0 saturated carbocycles. The Morgan fingerprint density at radius 2 is 1.36 bits per heavy atom. The molecule has 2 aliphatic heterocycles. The highest BCUT2D eigenvalue weighted by Crippen LogP contribution is 2.11. The van der Waals surface area contributed by atoms with E-state index in [-0.39, 0.29) is 18.4 Å². The maximum absolute atomic E-state index is 12.4. The normalized spacial score (nSPS) is 20.6. The van der Waals surface area contributed by atoms with Crippen LogP contribution in [0.15, 0.2) is 0 Å². The van der Waals surface area contributed by atoms with E-state index < -0.39 is 10.0 Å². The molecule has 0 aromatic heterocycles. The smallest absolute Gasteiger partial charge is 0.237 e. The molecule has 25 heavy (non-hydrogen) atoms. The van der Waals surface area contributed by atoms with Gasteiger partial charge >= 0.3 is 0 Å². The van der Waals surface area contributed by atoms with Gasteiger partial charge in [-0.1, -0.05) is 12.8 Å². The van der Waals surface area contributed by atoms with Crippen LogP contribution in [0.2, 0.25) is 0 Å². The van der Waals surface area contributed by atoms with Gasteiger partial charge in [-0.2, -0.15) is 4.31 Å². The van der Waals surface area contributed by atoms with Gasteiger partial charge in [-0.15, -0.1) is 0 Å². The molecule has 144 valence electrons. The monoisotopic (exact) mass is 374 g/mol. The standard InChI is InChI=1S/C16H30N4O4S/c1-17(25(2,23)24)13-15(21)20-11-9-18(10-12-20)14-16(22)19-7-5-3-4-6-8-19/h3-14H2,1-2H3. The summed E-state index contributed by atoms with van der Waals surface area (Å²) in [7, 11) is -1.95. The molecule has 2 heterocycles. The average Bonchev–Trinajstić information content (AvgIpc) is 2.83. The van der Waals surface area contributed by atoms with Crippen molar-refractivity contribution in [1.29, 1.82) is 0 Å². The highest BCUT2D eigenvalue weighted by atomic mass is 32.2. The van der Waals surface area contributed by atoms with E-state index in [9.17, 15) is 18.0 Å². The Bertz CT molecular complexity index is 565. The number of hydrogen-bond acceptors (Lipinski definition) is 5. The summed E-state index contributed by atoms with van der Waals surface area (Å²) in [6.45, 7) is 4.34. The Balaban J connectivity index is 1.75. The van der Waals surface area contributed by atoms with Crippen molar-refractivity contribution in [2.45, 2.75) is 25.7 Å². The minimum Gasteiger partial charge on any atom is -0.342 e. The van der Waals surface area contributed by atoms with Gasteiger partial charge in [0.2, 0.25) is 21.8 Å². The van der Waals surface area contributed by atoms with Gasteiger partial charge in [-0.25, -0.2) is 8.42 Å². The third-order valence-corrected chi connectivity index (χ3v) is 6.23. The first-order valence-electron chi connectivity index (χ1n) is 8.96. The highest BCUT2D eigenvalue weighted by molar-refractivity contribution is 7.88. The number of carbonyl (C=O) groups excluding carboxylic acids is 2. The van der Waals surface area contributed by atoms with E-state index in [0.717, 1.165) is 36.5 Å². The van der Waals surface area contributed by atoms with Crippen molar-refractivity contribution >= 4 is 21.8 Å². The van der Waals surface area contributed by atoms with Crippen LogP contribution in [0, 0.1) is 0 Å². The molecular formula is C16H30N4O4S. The number of likely N-dealkylation sites (tertiary alicyclic amines) is 1. The lowest BCUT2D eigenvalue weighted by Crippen LogP contribution is -2.53. The molecule has 9 heteroatoms. The first-order valence-corrected chi connectivity index (χ1v) is 10.8. The molecule has 0 aromatic carbocycles. The zero-order chi connectivity index (χ0) is 18.4. The van der Waals surface area contributed by atoms with Gasteiger partial charge in [0.05, 0.1) is 19.3 Å². The van der Waals surface area contributed by atoms with Gasteiger partial charge in [0.25, 0.3) is 0 Å². The van der Waals surface area contributed by atoms with Crippen molar-refractivity contribution in [3.05, 3.63) is 0 Å². The maximum Gasteiger partial charge on any atom is 0.237 e. The fourth-order valence-corrected chi connectivity index (χ4v) is 3.52. The summed E-state index contributed by atoms with van der Waals surface area (Å²) >= 11 is 0. The van der Waals surface area contributed by atoms with Crippen LogP contribution in [-0.4, -0.2) is 105 Å². The van der Waals surface area contributed by atoms with Gasteiger partial charge in [-0.3, -0.25) is 14.5 Å². The molecule has 2 saturated heterocycles. The molecule has 8 nitrogen and oxygen atoms in total. The second kappa shape index (κ2) is 8.95. The number of sulfonamides is 1. The van der Waals surface area contributed by atoms with Gasteiger partial charge in [0, 0.05) is 46.3 Å². The molecule has 2 fully saturated rings. The van der Waals surface area contributed by atoms with E-state index in [2.05, 4.69) is 4.90 Å². The van der Waals surface area contributed by atoms with E-state index in [0.29, 0.717) is 32.7 Å². The maximum atomic E-state index is 12.4. The summed E-state index contributed by atoms with van der Waals surface area (Å²) in [6.07, 6.45) is 5.66. The third kappa shape index (κ3) is 6.23. The molecule has 0 bridgehead atoms. The largest absolute Gasteiger partial charge is 0.342 e. The van der Waals surface area contributed by atoms with Crippen molar-refractivity contribution < 1.29 is 18.0 Å². The van der Waals surface area contributed by atoms with Crippen LogP contribution in [-0.2, 0) is 19.6 Å². The fraction of sp³-hybridized carbons (Fsp3) is 0.875. The molecule has 0 spiro atoms. The predicted octanol–water partition coefficient (Wildman–Crippen LogP) is -0.575. The molecule has 0 aromatic rings. The molecule has 2 aliphatic rings. The number of carbonyl (C=O) groups is 2. The summed E-state index contributed by atoms with van der Waals surface area (Å²) < 4.78 is 23.9. The van der Waals surface area contributed by atoms with Crippen LogP contribution in [0.3, 0.4) is 0 Å². The molecule has 2 amide bonds. The summed E-state index contributed by atoms with van der Waals surface area (Å²) in [4.78, 5) is 30.3. The SMILES string of the molecule is CN(CC(=O)N1CCN(CC(=O)N2CCCCCC2)CC1)S(C)(=O)=O. The van der Waals surface area contributed by atoms with Gasteiger partial charge in [0.1, 0.15) is 0 Å². The Morgan fingerprint density at radius 3 is 1.88 bits per heavy atom. The number of likely N-dealkylation sites (N-methyl/N-ethyl adjacent to an activating group) is 1. The number of rotatable bonds is 5. The zero-order valence-electron chi connectivity index (χ0n) is 15.3. The lowest BCUT2D eigenvalue weighted by Gasteiger charge is -2.35. The molecule has 0 N–H and O–H groups in total. The second-order valence-corrected chi connectivity index (χ2v) is 9.06. The molecule has 2 rings (SSSR count). The molecular weight excluding hydrogens is 344 g/mol. The minimum absolute atomic E-state index is 0.133.